The average molecular weight is 250 g/mol. The van der Waals surface area contributed by atoms with Gasteiger partial charge in [0.15, 0.2) is 0 Å². The Hall–Kier alpha value is -2.28. The van der Waals surface area contributed by atoms with Crippen LogP contribution in [0.5, 0.6) is 0 Å². The van der Waals surface area contributed by atoms with E-state index in [0.29, 0.717) is 0 Å². The highest BCUT2D eigenvalue weighted by Crippen LogP contribution is 2.26. The van der Waals surface area contributed by atoms with Crippen molar-refractivity contribution in [3.8, 4) is 0 Å². The van der Waals surface area contributed by atoms with E-state index in [2.05, 4.69) is 49.9 Å². The number of aryl methyl sites for hydroxylation is 1. The van der Waals surface area contributed by atoms with Crippen molar-refractivity contribution in [1.82, 2.24) is 0 Å². The van der Waals surface area contributed by atoms with Crippen molar-refractivity contribution >= 4 is 0 Å². The van der Waals surface area contributed by atoms with Crippen LogP contribution in [0.2, 0.25) is 0 Å². The summed E-state index contributed by atoms with van der Waals surface area (Å²) in [4.78, 5) is 0. The Morgan fingerprint density at radius 2 is 1.58 bits per heavy atom. The van der Waals surface area contributed by atoms with E-state index < -0.39 is 0 Å². The molecule has 0 N–H and O–H groups in total. The lowest BCUT2D eigenvalue weighted by atomic mass is 10.0. The summed E-state index contributed by atoms with van der Waals surface area (Å²) in [5.74, 6) is 0. The van der Waals surface area contributed by atoms with Gasteiger partial charge in [-0.2, -0.15) is 0 Å². The Balaban J connectivity index is 2.31. The first kappa shape index (κ1) is 13.2. The lowest BCUT2D eigenvalue weighted by molar-refractivity contribution is 0.183. The van der Waals surface area contributed by atoms with Crippen LogP contribution in [0.25, 0.3) is 0 Å². The van der Waals surface area contributed by atoms with Crippen LogP contribution in [0, 0.1) is 6.92 Å². The summed E-state index contributed by atoms with van der Waals surface area (Å²) in [6.45, 7) is 5.73. The lowest BCUT2D eigenvalue weighted by Crippen LogP contribution is -2.02. The monoisotopic (exact) mass is 250 g/mol. The van der Waals surface area contributed by atoms with Gasteiger partial charge in [-0.3, -0.25) is 0 Å². The third-order valence-corrected chi connectivity index (χ3v) is 2.91. The normalized spacial score (nSPS) is 12.3. The molecular formula is C18H18O. The summed E-state index contributed by atoms with van der Waals surface area (Å²) >= 11 is 0. The molecule has 0 aliphatic heterocycles. The Labute approximate surface area is 114 Å². The molecule has 1 nitrogen and oxygen atoms in total. The fraction of sp³-hybridized carbons (Fsp3) is 0.111. The van der Waals surface area contributed by atoms with Gasteiger partial charge in [0.1, 0.15) is 6.10 Å². The minimum Gasteiger partial charge on any atom is -0.489 e. The third kappa shape index (κ3) is 3.59. The van der Waals surface area contributed by atoms with Crippen molar-refractivity contribution in [2.75, 3.05) is 0 Å². The number of rotatable bonds is 5. The predicted molar refractivity (Wildman–Crippen MR) is 79.9 cm³/mol. The molecule has 0 bridgehead atoms. The first-order chi connectivity index (χ1) is 9.31. The van der Waals surface area contributed by atoms with Crippen molar-refractivity contribution in [3.63, 3.8) is 0 Å². The summed E-state index contributed by atoms with van der Waals surface area (Å²) in [5.41, 5.74) is 3.53. The van der Waals surface area contributed by atoms with Crippen LogP contribution < -0.4 is 0 Å². The van der Waals surface area contributed by atoms with Gasteiger partial charge in [-0.15, -0.1) is 0 Å². The van der Waals surface area contributed by atoms with Crippen molar-refractivity contribution in [2.24, 2.45) is 0 Å². The van der Waals surface area contributed by atoms with Gasteiger partial charge in [0, 0.05) is 0 Å². The smallest absolute Gasteiger partial charge is 0.148 e. The molecule has 0 spiro atoms. The molecule has 1 heteroatoms. The molecule has 19 heavy (non-hydrogen) atoms. The minimum atomic E-state index is -0.0852. The highest BCUT2D eigenvalue weighted by Gasteiger charge is 2.13. The summed E-state index contributed by atoms with van der Waals surface area (Å²) < 4.78 is 5.84. The summed E-state index contributed by atoms with van der Waals surface area (Å²) in [6.07, 6.45) is 5.10. The van der Waals surface area contributed by atoms with E-state index in [9.17, 15) is 0 Å². The van der Waals surface area contributed by atoms with Crippen LogP contribution in [0.4, 0.5) is 0 Å². The molecule has 0 heterocycles. The number of benzene rings is 2. The highest BCUT2D eigenvalue weighted by atomic mass is 16.5. The Bertz CT molecular complexity index is 538. The van der Waals surface area contributed by atoms with Crippen molar-refractivity contribution in [1.29, 1.82) is 0 Å². The summed E-state index contributed by atoms with van der Waals surface area (Å²) in [5, 5.41) is 0. The second kappa shape index (κ2) is 6.60. The molecule has 0 saturated heterocycles. The molecule has 2 aromatic rings. The molecule has 0 aromatic heterocycles. The fourth-order valence-corrected chi connectivity index (χ4v) is 1.90. The maximum atomic E-state index is 5.84. The highest BCUT2D eigenvalue weighted by molar-refractivity contribution is 5.32. The van der Waals surface area contributed by atoms with E-state index in [0.717, 1.165) is 11.1 Å². The minimum absolute atomic E-state index is 0.0852. The van der Waals surface area contributed by atoms with Gasteiger partial charge in [0.25, 0.3) is 0 Å². The maximum absolute atomic E-state index is 5.84. The van der Waals surface area contributed by atoms with E-state index in [4.69, 9.17) is 4.74 Å². The fourth-order valence-electron chi connectivity index (χ4n) is 1.90. The van der Waals surface area contributed by atoms with Gasteiger partial charge < -0.3 is 4.74 Å². The van der Waals surface area contributed by atoms with E-state index >= 15 is 0 Å². The molecule has 0 aliphatic carbocycles. The predicted octanol–water partition coefficient (Wildman–Crippen LogP) is 4.80. The molecule has 0 saturated carbocycles. The standard InChI is InChI=1S/C18H18O/c1-3-4-14-19-18(16-8-6-5-7-9-16)17-12-10-15(2)11-13-17/h3-14,18H,1H2,2H3. The zero-order valence-electron chi connectivity index (χ0n) is 11.1. The first-order valence-electron chi connectivity index (χ1n) is 6.36. The largest absolute Gasteiger partial charge is 0.489 e. The molecule has 0 fully saturated rings. The topological polar surface area (TPSA) is 9.23 Å². The Kier molecular flexibility index (Phi) is 4.57. The molecule has 96 valence electrons. The van der Waals surface area contributed by atoms with Gasteiger partial charge in [-0.1, -0.05) is 72.8 Å². The van der Waals surface area contributed by atoms with Crippen LogP contribution in [0.1, 0.15) is 22.8 Å². The van der Waals surface area contributed by atoms with Crippen LogP contribution >= 0.6 is 0 Å². The molecular weight excluding hydrogens is 232 g/mol. The molecule has 2 rings (SSSR count). The first-order valence-corrected chi connectivity index (χ1v) is 6.36. The molecule has 0 amide bonds. The zero-order chi connectivity index (χ0) is 13.5. The van der Waals surface area contributed by atoms with E-state index in [-0.39, 0.29) is 6.10 Å². The molecule has 1 unspecified atom stereocenters. The van der Waals surface area contributed by atoms with Crippen LogP contribution in [-0.2, 0) is 4.74 Å². The molecule has 2 aromatic carbocycles. The number of hydrogen-bond acceptors (Lipinski definition) is 1. The molecule has 0 radical (unpaired) electrons. The number of ether oxygens (including phenoxy) is 1. The lowest BCUT2D eigenvalue weighted by Gasteiger charge is -2.17. The van der Waals surface area contributed by atoms with Crippen molar-refractivity contribution in [3.05, 3.63) is 96.3 Å². The van der Waals surface area contributed by atoms with Gasteiger partial charge in [0.05, 0.1) is 6.26 Å². The van der Waals surface area contributed by atoms with Crippen LogP contribution in [0.15, 0.2) is 79.6 Å². The Morgan fingerprint density at radius 1 is 0.947 bits per heavy atom. The van der Waals surface area contributed by atoms with E-state index in [1.165, 1.54) is 5.56 Å². The van der Waals surface area contributed by atoms with Gasteiger partial charge in [-0.25, -0.2) is 0 Å². The van der Waals surface area contributed by atoms with Crippen LogP contribution in [-0.4, -0.2) is 0 Å². The quantitative estimate of drug-likeness (QED) is 0.547. The van der Waals surface area contributed by atoms with Gasteiger partial charge in [-0.05, 0) is 24.1 Å². The second-order valence-corrected chi connectivity index (χ2v) is 4.40. The zero-order valence-corrected chi connectivity index (χ0v) is 11.1. The van der Waals surface area contributed by atoms with Crippen molar-refractivity contribution in [2.45, 2.75) is 13.0 Å². The average Bonchev–Trinajstić information content (AvgIpc) is 2.46. The van der Waals surface area contributed by atoms with Gasteiger partial charge >= 0.3 is 0 Å². The molecule has 0 aliphatic rings. The van der Waals surface area contributed by atoms with Gasteiger partial charge in [0.2, 0.25) is 0 Å². The Morgan fingerprint density at radius 3 is 2.21 bits per heavy atom. The van der Waals surface area contributed by atoms with E-state index in [1.807, 2.05) is 18.2 Å². The second-order valence-electron chi connectivity index (χ2n) is 4.40. The number of allylic oxidation sites excluding steroid dienone is 2. The third-order valence-electron chi connectivity index (χ3n) is 2.91. The van der Waals surface area contributed by atoms with E-state index in [1.54, 1.807) is 18.4 Å². The van der Waals surface area contributed by atoms with Crippen LogP contribution in [0.3, 0.4) is 0 Å². The van der Waals surface area contributed by atoms with Crippen molar-refractivity contribution < 1.29 is 4.74 Å². The number of hydrogen-bond donors (Lipinski definition) is 0. The SMILES string of the molecule is C=CC=COC(c1ccccc1)c1ccc(C)cc1. The summed E-state index contributed by atoms with van der Waals surface area (Å²) in [6, 6.07) is 18.6. The maximum Gasteiger partial charge on any atom is 0.148 e. The molecule has 1 atom stereocenters. The summed E-state index contributed by atoms with van der Waals surface area (Å²) in [7, 11) is 0.